The molecule has 0 aliphatic heterocycles. The van der Waals surface area contributed by atoms with Gasteiger partial charge in [-0.25, -0.2) is 4.39 Å². The molecule has 0 amide bonds. The Bertz CT molecular complexity index is 182. The quantitative estimate of drug-likeness (QED) is 0.428. The van der Waals surface area contributed by atoms with Crippen molar-refractivity contribution in [2.75, 3.05) is 0 Å². The van der Waals surface area contributed by atoms with Crippen molar-refractivity contribution in [2.45, 2.75) is 112 Å². The van der Waals surface area contributed by atoms with Crippen LogP contribution in [0.3, 0.4) is 0 Å². The van der Waals surface area contributed by atoms with Crippen LogP contribution in [-0.4, -0.2) is 5.67 Å². The summed E-state index contributed by atoms with van der Waals surface area (Å²) < 4.78 is 13.0. The van der Waals surface area contributed by atoms with Crippen molar-refractivity contribution in [3.8, 4) is 0 Å². The summed E-state index contributed by atoms with van der Waals surface area (Å²) in [5, 5.41) is 0. The summed E-state index contributed by atoms with van der Waals surface area (Å²) in [7, 11) is 0. The van der Waals surface area contributed by atoms with Crippen LogP contribution in [0.25, 0.3) is 0 Å². The Morgan fingerprint density at radius 2 is 0.857 bits per heavy atom. The van der Waals surface area contributed by atoms with Crippen LogP contribution in [0.5, 0.6) is 0 Å². The van der Waals surface area contributed by atoms with Gasteiger partial charge in [0.25, 0.3) is 0 Å². The zero-order valence-electron chi connectivity index (χ0n) is 16.3. The van der Waals surface area contributed by atoms with Gasteiger partial charge in [-0.1, -0.05) is 74.1 Å². The van der Waals surface area contributed by atoms with E-state index in [0.717, 1.165) is 43.4 Å². The molecule has 0 unspecified atom stereocenters. The number of rotatable bonds is 0. The summed E-state index contributed by atoms with van der Waals surface area (Å²) >= 11 is 0. The van der Waals surface area contributed by atoms with E-state index in [0.29, 0.717) is 0 Å². The standard InChI is InChI=1S/C8H15F.C8H16.2C2H6/c1-7-3-5-8(2,9)6-4-7;1-7-3-5-8(2)6-4-7;2*1-2/h7H,3-6H2,1-2H3;7-8H,3-6H2,1-2H3;2*1-2H3. The summed E-state index contributed by atoms with van der Waals surface area (Å²) in [5.74, 6) is 2.80. The lowest BCUT2D eigenvalue weighted by Gasteiger charge is -2.28. The van der Waals surface area contributed by atoms with Gasteiger partial charge in [0.05, 0.1) is 0 Å². The van der Waals surface area contributed by atoms with E-state index in [1.54, 1.807) is 6.92 Å². The molecular formula is C20H43F. The first-order valence-corrected chi connectivity index (χ1v) is 9.58. The van der Waals surface area contributed by atoms with Crippen LogP contribution in [0, 0.1) is 17.8 Å². The SMILES string of the molecule is CC.CC.CC1CCC(C)(F)CC1.CC1CCC(C)CC1. The second kappa shape index (κ2) is 13.6. The second-order valence-electron chi connectivity index (χ2n) is 6.96. The summed E-state index contributed by atoms with van der Waals surface area (Å²) in [6.45, 7) is 16.7. The van der Waals surface area contributed by atoms with Crippen molar-refractivity contribution in [1.29, 1.82) is 0 Å². The molecule has 0 spiro atoms. The van der Waals surface area contributed by atoms with Crippen LogP contribution >= 0.6 is 0 Å². The van der Waals surface area contributed by atoms with E-state index in [1.165, 1.54) is 25.7 Å². The first-order chi connectivity index (χ1) is 9.89. The molecule has 0 nitrogen and oxygen atoms in total. The molecule has 2 aliphatic carbocycles. The van der Waals surface area contributed by atoms with Gasteiger partial charge < -0.3 is 0 Å². The molecule has 0 aromatic carbocycles. The molecule has 0 aromatic heterocycles. The van der Waals surface area contributed by atoms with Crippen LogP contribution in [-0.2, 0) is 0 Å². The lowest BCUT2D eigenvalue weighted by atomic mass is 9.82. The van der Waals surface area contributed by atoms with Crippen molar-refractivity contribution in [1.82, 2.24) is 0 Å². The fourth-order valence-corrected chi connectivity index (χ4v) is 2.79. The summed E-state index contributed by atoms with van der Waals surface area (Å²) in [5.41, 5.74) is -0.841. The number of hydrogen-bond acceptors (Lipinski definition) is 0. The fourth-order valence-electron chi connectivity index (χ4n) is 2.79. The second-order valence-corrected chi connectivity index (χ2v) is 6.96. The van der Waals surface area contributed by atoms with Gasteiger partial charge >= 0.3 is 0 Å². The average molecular weight is 303 g/mol. The molecule has 0 radical (unpaired) electrons. The smallest absolute Gasteiger partial charge is 0.108 e. The Balaban J connectivity index is 0. The molecule has 2 saturated carbocycles. The molecule has 0 bridgehead atoms. The highest BCUT2D eigenvalue weighted by Crippen LogP contribution is 2.33. The number of hydrogen-bond donors (Lipinski definition) is 0. The van der Waals surface area contributed by atoms with Crippen LogP contribution in [0.4, 0.5) is 4.39 Å². The number of alkyl halides is 1. The van der Waals surface area contributed by atoms with Crippen LogP contribution in [0.2, 0.25) is 0 Å². The minimum atomic E-state index is -0.841. The molecule has 130 valence electrons. The van der Waals surface area contributed by atoms with Gasteiger partial charge in [-0.3, -0.25) is 0 Å². The van der Waals surface area contributed by atoms with E-state index >= 15 is 0 Å². The van der Waals surface area contributed by atoms with Crippen molar-refractivity contribution < 1.29 is 4.39 Å². The maximum atomic E-state index is 13.0. The molecule has 2 fully saturated rings. The Morgan fingerprint density at radius 1 is 0.619 bits per heavy atom. The highest BCUT2D eigenvalue weighted by molar-refractivity contribution is 4.79. The number of halogens is 1. The van der Waals surface area contributed by atoms with Crippen LogP contribution in [0.1, 0.15) is 107 Å². The first kappa shape index (κ1) is 23.2. The van der Waals surface area contributed by atoms with Crippen molar-refractivity contribution in [2.24, 2.45) is 17.8 Å². The summed E-state index contributed by atoms with van der Waals surface area (Å²) in [4.78, 5) is 0. The largest absolute Gasteiger partial charge is 0.244 e. The molecule has 1 heteroatoms. The molecule has 0 N–H and O–H groups in total. The van der Waals surface area contributed by atoms with Gasteiger partial charge in [0.1, 0.15) is 5.67 Å². The highest BCUT2D eigenvalue weighted by Gasteiger charge is 2.28. The zero-order valence-corrected chi connectivity index (χ0v) is 16.3. The van der Waals surface area contributed by atoms with Crippen LogP contribution in [0.15, 0.2) is 0 Å². The lowest BCUT2D eigenvalue weighted by Crippen LogP contribution is -2.24. The molecule has 0 aromatic rings. The molecule has 21 heavy (non-hydrogen) atoms. The summed E-state index contributed by atoms with van der Waals surface area (Å²) in [6.07, 6.45) is 9.59. The van der Waals surface area contributed by atoms with E-state index in [-0.39, 0.29) is 0 Å². The van der Waals surface area contributed by atoms with E-state index in [2.05, 4.69) is 20.8 Å². The molecule has 0 atom stereocenters. The Hall–Kier alpha value is -0.0700. The van der Waals surface area contributed by atoms with Crippen molar-refractivity contribution in [3.05, 3.63) is 0 Å². The van der Waals surface area contributed by atoms with Crippen molar-refractivity contribution in [3.63, 3.8) is 0 Å². The maximum Gasteiger partial charge on any atom is 0.108 e. The lowest BCUT2D eigenvalue weighted by molar-refractivity contribution is 0.108. The topological polar surface area (TPSA) is 0 Å². The normalized spacial score (nSPS) is 35.0. The van der Waals surface area contributed by atoms with Crippen LogP contribution < -0.4 is 0 Å². The van der Waals surface area contributed by atoms with Gasteiger partial charge in [0.2, 0.25) is 0 Å². The predicted octanol–water partition coefficient (Wildman–Crippen LogP) is 7.81. The minimum absolute atomic E-state index is 0.758. The molecule has 2 rings (SSSR count). The third kappa shape index (κ3) is 13.3. The monoisotopic (exact) mass is 302 g/mol. The van der Waals surface area contributed by atoms with E-state index < -0.39 is 5.67 Å². The van der Waals surface area contributed by atoms with E-state index in [4.69, 9.17) is 0 Å². The molecule has 0 saturated heterocycles. The minimum Gasteiger partial charge on any atom is -0.244 e. The van der Waals surface area contributed by atoms with Gasteiger partial charge in [-0.2, -0.15) is 0 Å². The first-order valence-electron chi connectivity index (χ1n) is 9.58. The molecule has 2 aliphatic rings. The fraction of sp³-hybridized carbons (Fsp3) is 1.00. The van der Waals surface area contributed by atoms with E-state index in [1.807, 2.05) is 27.7 Å². The van der Waals surface area contributed by atoms with Gasteiger partial charge in [0.15, 0.2) is 0 Å². The average Bonchev–Trinajstić information content (AvgIpc) is 2.50. The third-order valence-corrected chi connectivity index (χ3v) is 4.62. The summed E-state index contributed by atoms with van der Waals surface area (Å²) in [6, 6.07) is 0. The Labute approximate surface area is 135 Å². The third-order valence-electron chi connectivity index (χ3n) is 4.62. The Kier molecular flexibility index (Phi) is 15.0. The van der Waals surface area contributed by atoms with Gasteiger partial charge in [-0.05, 0) is 50.4 Å². The maximum absolute atomic E-state index is 13.0. The predicted molar refractivity (Wildman–Crippen MR) is 96.6 cm³/mol. The molecule has 0 heterocycles. The van der Waals surface area contributed by atoms with E-state index in [9.17, 15) is 4.39 Å². The van der Waals surface area contributed by atoms with Gasteiger partial charge in [0, 0.05) is 0 Å². The molecular weight excluding hydrogens is 259 g/mol. The highest BCUT2D eigenvalue weighted by atomic mass is 19.1. The van der Waals surface area contributed by atoms with Crippen molar-refractivity contribution >= 4 is 0 Å². The zero-order chi connectivity index (χ0) is 16.9. The Morgan fingerprint density at radius 3 is 1.10 bits per heavy atom. The van der Waals surface area contributed by atoms with Gasteiger partial charge in [-0.15, -0.1) is 0 Å².